The lowest BCUT2D eigenvalue weighted by Crippen LogP contribution is -2.33. The second kappa shape index (κ2) is 5.54. The fourth-order valence-corrected chi connectivity index (χ4v) is 2.99. The van der Waals surface area contributed by atoms with Gasteiger partial charge in [0.2, 0.25) is 0 Å². The molecular formula is C15H23NO. The lowest BCUT2D eigenvalue weighted by Gasteiger charge is -2.24. The van der Waals surface area contributed by atoms with Gasteiger partial charge in [0, 0.05) is 6.04 Å². The van der Waals surface area contributed by atoms with Gasteiger partial charge in [0.15, 0.2) is 0 Å². The fraction of sp³-hybridized carbons (Fsp3) is 0.600. The van der Waals surface area contributed by atoms with E-state index in [0.29, 0.717) is 12.0 Å². The normalized spacial score (nSPS) is 20.1. The summed E-state index contributed by atoms with van der Waals surface area (Å²) < 4.78 is 5.34. The zero-order chi connectivity index (χ0) is 12.3. The van der Waals surface area contributed by atoms with Gasteiger partial charge in [-0.15, -0.1) is 0 Å². The molecule has 0 amide bonds. The minimum atomic E-state index is 0.605. The molecule has 1 aromatic carbocycles. The highest BCUT2D eigenvalue weighted by atomic mass is 16.5. The van der Waals surface area contributed by atoms with E-state index in [1.54, 1.807) is 7.11 Å². The largest absolute Gasteiger partial charge is 0.497 e. The summed E-state index contributed by atoms with van der Waals surface area (Å²) >= 11 is 0. The van der Waals surface area contributed by atoms with Crippen molar-refractivity contribution in [3.63, 3.8) is 0 Å². The van der Waals surface area contributed by atoms with E-state index in [4.69, 9.17) is 4.74 Å². The highest BCUT2D eigenvalue weighted by Crippen LogP contribution is 2.38. The van der Waals surface area contributed by atoms with E-state index in [-0.39, 0.29) is 0 Å². The monoisotopic (exact) mass is 233 g/mol. The summed E-state index contributed by atoms with van der Waals surface area (Å²) in [6, 6.07) is 7.14. The first-order valence-corrected chi connectivity index (χ1v) is 6.70. The Morgan fingerprint density at radius 3 is 2.88 bits per heavy atom. The van der Waals surface area contributed by atoms with E-state index < -0.39 is 0 Å². The molecule has 0 spiro atoms. The van der Waals surface area contributed by atoms with Crippen LogP contribution in [0.25, 0.3) is 0 Å². The molecule has 1 aliphatic carbocycles. The van der Waals surface area contributed by atoms with E-state index in [0.717, 1.165) is 12.3 Å². The Labute approximate surface area is 104 Å². The number of nitrogens with one attached hydrogen (secondary N) is 1. The maximum absolute atomic E-state index is 5.34. The minimum absolute atomic E-state index is 0.605. The number of methoxy groups -OCH3 is 1. The molecule has 94 valence electrons. The van der Waals surface area contributed by atoms with Crippen molar-refractivity contribution in [3.05, 3.63) is 29.3 Å². The summed E-state index contributed by atoms with van der Waals surface area (Å²) in [7, 11) is 1.74. The summed E-state index contributed by atoms with van der Waals surface area (Å²) in [5.74, 6) is 1.65. The molecule has 1 N–H and O–H groups in total. The summed E-state index contributed by atoms with van der Waals surface area (Å²) in [5, 5.41) is 3.61. The van der Waals surface area contributed by atoms with Crippen LogP contribution in [0.5, 0.6) is 5.75 Å². The number of ether oxygens (including phenoxy) is 1. The van der Waals surface area contributed by atoms with Crippen LogP contribution in [0.1, 0.15) is 43.7 Å². The molecule has 0 aliphatic heterocycles. The average molecular weight is 233 g/mol. The molecule has 2 nitrogen and oxygen atoms in total. The standard InChI is InChI=1S/C15H23NO/c1-4-15(16-5-2)13-9-7-11-6-8-12(17-3)10-14(11)13/h6,8,10,13,15-16H,4-5,7,9H2,1-3H3. The SMILES string of the molecule is CCNC(CC)C1CCc2ccc(OC)cc21. The van der Waals surface area contributed by atoms with Crippen LogP contribution in [0, 0.1) is 0 Å². The van der Waals surface area contributed by atoms with Gasteiger partial charge in [-0.3, -0.25) is 0 Å². The van der Waals surface area contributed by atoms with Crippen molar-refractivity contribution in [2.75, 3.05) is 13.7 Å². The van der Waals surface area contributed by atoms with Crippen LogP contribution in [-0.2, 0) is 6.42 Å². The first-order chi connectivity index (χ1) is 8.30. The van der Waals surface area contributed by atoms with Crippen LogP contribution in [-0.4, -0.2) is 19.7 Å². The average Bonchev–Trinajstić information content (AvgIpc) is 2.78. The maximum atomic E-state index is 5.34. The zero-order valence-electron chi connectivity index (χ0n) is 11.1. The Balaban J connectivity index is 2.24. The molecular weight excluding hydrogens is 210 g/mol. The number of likely N-dealkylation sites (N-methyl/N-ethyl adjacent to an activating group) is 1. The van der Waals surface area contributed by atoms with Gasteiger partial charge >= 0.3 is 0 Å². The summed E-state index contributed by atoms with van der Waals surface area (Å²) in [5.41, 5.74) is 3.00. The summed E-state index contributed by atoms with van der Waals surface area (Å²) in [6.45, 7) is 5.50. The third-order valence-electron chi connectivity index (χ3n) is 3.87. The first kappa shape index (κ1) is 12.4. The highest BCUT2D eigenvalue weighted by Gasteiger charge is 2.28. The smallest absolute Gasteiger partial charge is 0.119 e. The van der Waals surface area contributed by atoms with Crippen molar-refractivity contribution < 1.29 is 4.74 Å². The van der Waals surface area contributed by atoms with E-state index in [9.17, 15) is 0 Å². The van der Waals surface area contributed by atoms with Crippen LogP contribution in [0.3, 0.4) is 0 Å². The van der Waals surface area contributed by atoms with Gasteiger partial charge in [-0.1, -0.05) is 19.9 Å². The van der Waals surface area contributed by atoms with Crippen molar-refractivity contribution in [2.45, 2.75) is 45.1 Å². The van der Waals surface area contributed by atoms with Crippen molar-refractivity contribution in [1.82, 2.24) is 5.32 Å². The molecule has 2 heteroatoms. The molecule has 0 heterocycles. The van der Waals surface area contributed by atoms with E-state index in [1.807, 2.05) is 0 Å². The lowest BCUT2D eigenvalue weighted by atomic mass is 9.91. The van der Waals surface area contributed by atoms with Crippen molar-refractivity contribution >= 4 is 0 Å². The van der Waals surface area contributed by atoms with Crippen LogP contribution >= 0.6 is 0 Å². The molecule has 0 saturated carbocycles. The molecule has 1 aromatic rings. The first-order valence-electron chi connectivity index (χ1n) is 6.70. The Kier molecular flexibility index (Phi) is 4.06. The number of aryl methyl sites for hydroxylation is 1. The van der Waals surface area contributed by atoms with Gasteiger partial charge in [0.1, 0.15) is 5.75 Å². The van der Waals surface area contributed by atoms with Crippen molar-refractivity contribution in [2.24, 2.45) is 0 Å². The maximum Gasteiger partial charge on any atom is 0.119 e. The molecule has 0 aromatic heterocycles. The third kappa shape index (κ3) is 2.47. The van der Waals surface area contributed by atoms with Gasteiger partial charge in [0.25, 0.3) is 0 Å². The quantitative estimate of drug-likeness (QED) is 0.843. The predicted octanol–water partition coefficient (Wildman–Crippen LogP) is 3.11. The molecule has 0 radical (unpaired) electrons. The van der Waals surface area contributed by atoms with Crippen LogP contribution < -0.4 is 10.1 Å². The summed E-state index contributed by atoms with van der Waals surface area (Å²) in [6.07, 6.45) is 3.68. The Morgan fingerprint density at radius 1 is 1.41 bits per heavy atom. The van der Waals surface area contributed by atoms with Gasteiger partial charge in [-0.05, 0) is 55.0 Å². The topological polar surface area (TPSA) is 21.3 Å². The molecule has 17 heavy (non-hydrogen) atoms. The predicted molar refractivity (Wildman–Crippen MR) is 71.8 cm³/mol. The molecule has 0 saturated heterocycles. The zero-order valence-corrected chi connectivity index (χ0v) is 11.1. The van der Waals surface area contributed by atoms with Crippen LogP contribution in [0.2, 0.25) is 0 Å². The minimum Gasteiger partial charge on any atom is -0.497 e. The molecule has 0 fully saturated rings. The second-order valence-electron chi connectivity index (χ2n) is 4.78. The van der Waals surface area contributed by atoms with Crippen LogP contribution in [0.15, 0.2) is 18.2 Å². The Hall–Kier alpha value is -1.02. The number of fused-ring (bicyclic) bond motifs is 1. The van der Waals surface area contributed by atoms with Crippen molar-refractivity contribution in [1.29, 1.82) is 0 Å². The molecule has 2 atom stereocenters. The number of hydrogen-bond acceptors (Lipinski definition) is 2. The van der Waals surface area contributed by atoms with E-state index >= 15 is 0 Å². The van der Waals surface area contributed by atoms with Gasteiger partial charge in [-0.2, -0.15) is 0 Å². The van der Waals surface area contributed by atoms with E-state index in [2.05, 4.69) is 37.4 Å². The third-order valence-corrected chi connectivity index (χ3v) is 3.87. The number of hydrogen-bond donors (Lipinski definition) is 1. The van der Waals surface area contributed by atoms with Gasteiger partial charge in [-0.25, -0.2) is 0 Å². The highest BCUT2D eigenvalue weighted by molar-refractivity contribution is 5.42. The molecule has 0 bridgehead atoms. The Morgan fingerprint density at radius 2 is 2.24 bits per heavy atom. The van der Waals surface area contributed by atoms with Crippen LogP contribution in [0.4, 0.5) is 0 Å². The van der Waals surface area contributed by atoms with Crippen molar-refractivity contribution in [3.8, 4) is 5.75 Å². The molecule has 1 aliphatic rings. The summed E-state index contributed by atoms with van der Waals surface area (Å²) in [4.78, 5) is 0. The lowest BCUT2D eigenvalue weighted by molar-refractivity contribution is 0.408. The van der Waals surface area contributed by atoms with Gasteiger partial charge < -0.3 is 10.1 Å². The van der Waals surface area contributed by atoms with E-state index in [1.165, 1.54) is 30.4 Å². The fourth-order valence-electron chi connectivity index (χ4n) is 2.99. The van der Waals surface area contributed by atoms with Gasteiger partial charge in [0.05, 0.1) is 7.11 Å². The molecule has 2 unspecified atom stereocenters. The number of rotatable bonds is 5. The Bertz CT molecular complexity index is 375. The second-order valence-corrected chi connectivity index (χ2v) is 4.78. The number of benzene rings is 1. The molecule has 2 rings (SSSR count).